The summed E-state index contributed by atoms with van der Waals surface area (Å²) in [7, 11) is 0. The number of nitrogens with two attached hydrogens (primary N) is 1. The van der Waals surface area contributed by atoms with Crippen molar-refractivity contribution < 1.29 is 0 Å². The van der Waals surface area contributed by atoms with Crippen molar-refractivity contribution in [3.63, 3.8) is 0 Å². The number of pyridine rings is 1. The van der Waals surface area contributed by atoms with Gasteiger partial charge in [0.25, 0.3) is 0 Å². The zero-order chi connectivity index (χ0) is 12.5. The van der Waals surface area contributed by atoms with Crippen LogP contribution in [0.15, 0.2) is 18.5 Å². The van der Waals surface area contributed by atoms with Gasteiger partial charge >= 0.3 is 0 Å². The van der Waals surface area contributed by atoms with Gasteiger partial charge in [-0.1, -0.05) is 20.8 Å². The second-order valence-electron chi connectivity index (χ2n) is 5.74. The van der Waals surface area contributed by atoms with Crippen molar-refractivity contribution in [3.05, 3.63) is 24.0 Å². The molecule has 1 aromatic rings. The van der Waals surface area contributed by atoms with Gasteiger partial charge in [0.2, 0.25) is 0 Å². The highest BCUT2D eigenvalue weighted by atomic mass is 14.9. The summed E-state index contributed by atoms with van der Waals surface area (Å²) < 4.78 is 0. The summed E-state index contributed by atoms with van der Waals surface area (Å²) in [5.74, 6) is 0.681. The molecule has 1 saturated carbocycles. The van der Waals surface area contributed by atoms with Crippen LogP contribution in [0.1, 0.15) is 45.2 Å². The van der Waals surface area contributed by atoms with Crippen molar-refractivity contribution in [2.45, 2.75) is 39.7 Å². The molecule has 1 aliphatic carbocycles. The molecule has 1 aliphatic rings. The third kappa shape index (κ3) is 2.60. The van der Waals surface area contributed by atoms with Crippen LogP contribution < -0.4 is 11.1 Å². The second-order valence-corrected chi connectivity index (χ2v) is 5.74. The van der Waals surface area contributed by atoms with Gasteiger partial charge in [-0.3, -0.25) is 4.98 Å². The third-order valence-corrected chi connectivity index (χ3v) is 3.83. The average Bonchev–Trinajstić information content (AvgIpc) is 2.91. The minimum absolute atomic E-state index is 0.360. The lowest BCUT2D eigenvalue weighted by atomic mass is 9.97. The summed E-state index contributed by atoms with van der Waals surface area (Å²) in [4.78, 5) is 4.21. The highest BCUT2D eigenvalue weighted by Gasteiger charge is 2.50. The lowest BCUT2D eigenvalue weighted by molar-refractivity contribution is 0.416. The second kappa shape index (κ2) is 4.65. The third-order valence-electron chi connectivity index (χ3n) is 3.83. The zero-order valence-electron chi connectivity index (χ0n) is 11.0. The van der Waals surface area contributed by atoms with Crippen LogP contribution in [0.3, 0.4) is 0 Å². The number of nitrogens with zero attached hydrogens (tertiary/aromatic N) is 1. The molecule has 3 heteroatoms. The van der Waals surface area contributed by atoms with Crippen LogP contribution in [-0.2, 0) is 0 Å². The maximum Gasteiger partial charge on any atom is 0.0393 e. The van der Waals surface area contributed by atoms with Crippen LogP contribution in [-0.4, -0.2) is 11.5 Å². The van der Waals surface area contributed by atoms with Gasteiger partial charge < -0.3 is 11.1 Å². The number of aromatic nitrogens is 1. The first-order valence-electron chi connectivity index (χ1n) is 6.49. The summed E-state index contributed by atoms with van der Waals surface area (Å²) in [6, 6.07) is 2.25. The molecule has 1 fully saturated rings. The summed E-state index contributed by atoms with van der Waals surface area (Å²) in [5, 5.41) is 3.62. The van der Waals surface area contributed by atoms with E-state index in [1.54, 1.807) is 6.20 Å². The molecule has 94 valence electrons. The molecule has 2 rings (SSSR count). The van der Waals surface area contributed by atoms with Crippen LogP contribution in [0.4, 0.5) is 5.69 Å². The number of hydrogen-bond donors (Lipinski definition) is 2. The molecule has 0 saturated heterocycles. The number of nitrogen functional groups attached to an aromatic ring is 1. The molecule has 0 bridgehead atoms. The van der Waals surface area contributed by atoms with Gasteiger partial charge in [0.1, 0.15) is 0 Å². The Bertz CT molecular complexity index is 387. The quantitative estimate of drug-likeness (QED) is 0.822. The van der Waals surface area contributed by atoms with E-state index in [1.807, 2.05) is 12.3 Å². The Morgan fingerprint density at radius 3 is 2.82 bits per heavy atom. The molecule has 3 nitrogen and oxygen atoms in total. The molecule has 1 heterocycles. The normalized spacial score (nSPS) is 23.4. The van der Waals surface area contributed by atoms with Crippen molar-refractivity contribution in [3.8, 4) is 0 Å². The highest BCUT2D eigenvalue weighted by Crippen LogP contribution is 2.58. The van der Waals surface area contributed by atoms with Gasteiger partial charge in [0.15, 0.2) is 0 Å². The largest absolute Gasteiger partial charge is 0.398 e. The van der Waals surface area contributed by atoms with Crippen molar-refractivity contribution >= 4 is 5.69 Å². The number of hydrogen-bond acceptors (Lipinski definition) is 3. The van der Waals surface area contributed by atoms with Crippen molar-refractivity contribution in [2.24, 2.45) is 11.3 Å². The Balaban J connectivity index is 2.19. The smallest absolute Gasteiger partial charge is 0.0393 e. The van der Waals surface area contributed by atoms with Gasteiger partial charge in [-0.15, -0.1) is 0 Å². The van der Waals surface area contributed by atoms with E-state index in [4.69, 9.17) is 5.73 Å². The maximum absolute atomic E-state index is 6.07. The monoisotopic (exact) mass is 233 g/mol. The fourth-order valence-electron chi connectivity index (χ4n) is 2.52. The molecule has 0 aromatic carbocycles. The number of rotatable bonds is 5. The molecule has 2 unspecified atom stereocenters. The first kappa shape index (κ1) is 12.4. The van der Waals surface area contributed by atoms with E-state index in [9.17, 15) is 0 Å². The molecular weight excluding hydrogens is 210 g/mol. The molecular formula is C14H23N3. The maximum atomic E-state index is 6.07. The van der Waals surface area contributed by atoms with Crippen molar-refractivity contribution in [1.29, 1.82) is 0 Å². The SMILES string of the molecule is CCCNC(c1cnccc1N)C1CC1(C)C. The molecule has 0 spiro atoms. The molecule has 17 heavy (non-hydrogen) atoms. The molecule has 3 N–H and O–H groups in total. The Kier molecular flexibility index (Phi) is 3.38. The Labute approximate surface area is 104 Å². The zero-order valence-corrected chi connectivity index (χ0v) is 11.0. The predicted octanol–water partition coefficient (Wildman–Crippen LogP) is 2.75. The fourth-order valence-corrected chi connectivity index (χ4v) is 2.52. The lowest BCUT2D eigenvalue weighted by Crippen LogP contribution is -2.26. The Hall–Kier alpha value is -1.09. The van der Waals surface area contributed by atoms with Gasteiger partial charge in [0.05, 0.1) is 0 Å². The first-order chi connectivity index (χ1) is 8.06. The van der Waals surface area contributed by atoms with E-state index in [2.05, 4.69) is 31.1 Å². The van der Waals surface area contributed by atoms with Gasteiger partial charge in [-0.2, -0.15) is 0 Å². The van der Waals surface area contributed by atoms with E-state index in [0.717, 1.165) is 24.2 Å². The molecule has 0 radical (unpaired) electrons. The molecule has 2 atom stereocenters. The average molecular weight is 233 g/mol. The van der Waals surface area contributed by atoms with Gasteiger partial charge in [0, 0.05) is 29.7 Å². The predicted molar refractivity (Wildman–Crippen MR) is 71.6 cm³/mol. The van der Waals surface area contributed by atoms with Crippen LogP contribution in [0, 0.1) is 11.3 Å². The minimum Gasteiger partial charge on any atom is -0.398 e. The van der Waals surface area contributed by atoms with E-state index in [-0.39, 0.29) is 0 Å². The summed E-state index contributed by atoms with van der Waals surface area (Å²) >= 11 is 0. The van der Waals surface area contributed by atoms with Crippen molar-refractivity contribution in [1.82, 2.24) is 10.3 Å². The van der Waals surface area contributed by atoms with E-state index in [1.165, 1.54) is 6.42 Å². The molecule has 0 amide bonds. The van der Waals surface area contributed by atoms with Gasteiger partial charge in [-0.25, -0.2) is 0 Å². The number of anilines is 1. The van der Waals surface area contributed by atoms with Crippen LogP contribution in [0.25, 0.3) is 0 Å². The Morgan fingerprint density at radius 2 is 2.29 bits per heavy atom. The van der Waals surface area contributed by atoms with Crippen LogP contribution >= 0.6 is 0 Å². The fraction of sp³-hybridized carbons (Fsp3) is 0.643. The van der Waals surface area contributed by atoms with Crippen LogP contribution in [0.2, 0.25) is 0 Å². The lowest BCUT2D eigenvalue weighted by Gasteiger charge is -2.21. The molecule has 1 aromatic heterocycles. The standard InChI is InChI=1S/C14H23N3/c1-4-6-17-13(11-8-14(11,2)3)10-9-16-7-5-12(10)15/h5,7,9,11,13,17H,4,6,8H2,1-3H3,(H2,15,16). The summed E-state index contributed by atoms with van der Waals surface area (Å²) in [6.45, 7) is 7.87. The number of nitrogens with one attached hydrogen (secondary N) is 1. The van der Waals surface area contributed by atoms with E-state index >= 15 is 0 Å². The highest BCUT2D eigenvalue weighted by molar-refractivity contribution is 5.47. The van der Waals surface area contributed by atoms with E-state index < -0.39 is 0 Å². The minimum atomic E-state index is 0.360. The molecule has 0 aliphatic heterocycles. The Morgan fingerprint density at radius 1 is 1.59 bits per heavy atom. The summed E-state index contributed by atoms with van der Waals surface area (Å²) in [5.41, 5.74) is 8.53. The van der Waals surface area contributed by atoms with Gasteiger partial charge in [-0.05, 0) is 36.8 Å². The van der Waals surface area contributed by atoms with Crippen LogP contribution in [0.5, 0.6) is 0 Å². The topological polar surface area (TPSA) is 50.9 Å². The first-order valence-corrected chi connectivity index (χ1v) is 6.49. The van der Waals surface area contributed by atoms with Crippen molar-refractivity contribution in [2.75, 3.05) is 12.3 Å². The van der Waals surface area contributed by atoms with E-state index in [0.29, 0.717) is 17.4 Å². The summed E-state index contributed by atoms with van der Waals surface area (Å²) in [6.07, 6.45) is 6.08.